The first kappa shape index (κ1) is 18.8. The minimum atomic E-state index is -0.552. The van der Waals surface area contributed by atoms with Crippen molar-refractivity contribution in [2.75, 3.05) is 26.2 Å². The molecule has 0 aliphatic carbocycles. The lowest BCUT2D eigenvalue weighted by Crippen LogP contribution is -2.57. The molecule has 1 atom stereocenters. The van der Waals surface area contributed by atoms with E-state index in [1.54, 1.807) is 11.0 Å². The molecule has 8 nitrogen and oxygen atoms in total. The Morgan fingerprint density at radius 3 is 2.68 bits per heavy atom. The number of piperazine rings is 1. The van der Waals surface area contributed by atoms with Gasteiger partial charge in [0.05, 0.1) is 16.7 Å². The van der Waals surface area contributed by atoms with Gasteiger partial charge in [0.15, 0.2) is 0 Å². The van der Waals surface area contributed by atoms with Gasteiger partial charge in [-0.15, -0.1) is 0 Å². The monoisotopic (exact) mass is 351 g/mol. The van der Waals surface area contributed by atoms with Crippen LogP contribution in [0.5, 0.6) is 0 Å². The summed E-state index contributed by atoms with van der Waals surface area (Å²) in [6.45, 7) is 12.5. The number of carbonyl (C=O) groups is 1. The maximum Gasteiger partial charge on any atom is 0.410 e. The molecule has 0 aromatic heterocycles. The van der Waals surface area contributed by atoms with E-state index in [4.69, 9.17) is 9.47 Å². The standard InChI is InChI=1S/C17H25N3O5/c1-6-15-14(9-12(2)20(22)23)19-8-7-18(10-13(19)11-24-15)16(21)25-17(3,4)5/h6,9,13H,1,7-8,10-11H2,2-5H3/b12-9+. The molecule has 0 aromatic carbocycles. The third kappa shape index (κ3) is 4.52. The van der Waals surface area contributed by atoms with Gasteiger partial charge in [-0.05, 0) is 26.8 Å². The molecular weight excluding hydrogens is 326 g/mol. The summed E-state index contributed by atoms with van der Waals surface area (Å²) in [7, 11) is 0. The Bertz CT molecular complexity index is 633. The van der Waals surface area contributed by atoms with Crippen molar-refractivity contribution in [3.8, 4) is 0 Å². The summed E-state index contributed by atoms with van der Waals surface area (Å²) in [5.74, 6) is 0.517. The summed E-state index contributed by atoms with van der Waals surface area (Å²) in [6, 6.07) is -0.0872. The maximum absolute atomic E-state index is 12.3. The SMILES string of the molecule is C=CC1=C(/C=C(\C)[N+](=O)[O-])N2CCN(C(=O)OC(C)(C)C)CC2CO1. The Labute approximate surface area is 147 Å². The van der Waals surface area contributed by atoms with Crippen LogP contribution in [0.3, 0.4) is 0 Å². The Kier molecular flexibility index (Phi) is 5.39. The Hall–Kier alpha value is -2.51. The number of rotatable bonds is 3. The fraction of sp³-hybridized carbons (Fsp3) is 0.588. The van der Waals surface area contributed by atoms with Crippen LogP contribution in [0, 0.1) is 10.1 Å². The largest absolute Gasteiger partial charge is 0.489 e. The van der Waals surface area contributed by atoms with Gasteiger partial charge in [-0.1, -0.05) is 6.58 Å². The molecule has 0 saturated carbocycles. The van der Waals surface area contributed by atoms with E-state index in [1.165, 1.54) is 13.0 Å². The fourth-order valence-electron chi connectivity index (χ4n) is 2.78. The average molecular weight is 351 g/mol. The number of nitrogens with zero attached hydrogens (tertiary/aromatic N) is 3. The summed E-state index contributed by atoms with van der Waals surface area (Å²) in [5.41, 5.74) is 0.0988. The summed E-state index contributed by atoms with van der Waals surface area (Å²) in [4.78, 5) is 26.5. The fourth-order valence-corrected chi connectivity index (χ4v) is 2.78. The highest BCUT2D eigenvalue weighted by molar-refractivity contribution is 5.68. The van der Waals surface area contributed by atoms with Gasteiger partial charge in [0, 0.05) is 32.6 Å². The second-order valence-electron chi connectivity index (χ2n) is 7.08. The molecule has 2 aliphatic rings. The molecule has 0 aromatic rings. The van der Waals surface area contributed by atoms with Gasteiger partial charge in [0.25, 0.3) is 0 Å². The molecule has 0 bridgehead atoms. The van der Waals surface area contributed by atoms with Crippen molar-refractivity contribution in [3.05, 3.63) is 46.0 Å². The lowest BCUT2D eigenvalue weighted by atomic mass is 10.1. The average Bonchev–Trinajstić information content (AvgIpc) is 2.52. The van der Waals surface area contributed by atoms with Crippen molar-refractivity contribution < 1.29 is 19.2 Å². The van der Waals surface area contributed by atoms with Gasteiger partial charge in [0.2, 0.25) is 5.70 Å². The number of hydrogen-bond donors (Lipinski definition) is 0. The van der Waals surface area contributed by atoms with E-state index in [0.717, 1.165) is 0 Å². The van der Waals surface area contributed by atoms with Crippen LogP contribution in [0.15, 0.2) is 35.9 Å². The van der Waals surface area contributed by atoms with Crippen LogP contribution in [0.4, 0.5) is 4.79 Å². The molecule has 1 fully saturated rings. The Balaban J connectivity index is 2.18. The minimum Gasteiger partial charge on any atom is -0.489 e. The van der Waals surface area contributed by atoms with Crippen LogP contribution < -0.4 is 0 Å². The van der Waals surface area contributed by atoms with Crippen LogP contribution in [0.2, 0.25) is 0 Å². The van der Waals surface area contributed by atoms with Crippen molar-refractivity contribution in [2.45, 2.75) is 39.3 Å². The number of carbonyl (C=O) groups excluding carboxylic acids is 1. The topological polar surface area (TPSA) is 85.2 Å². The number of amides is 1. The summed E-state index contributed by atoms with van der Waals surface area (Å²) in [5, 5.41) is 11.0. The van der Waals surface area contributed by atoms with Gasteiger partial charge in [-0.25, -0.2) is 4.79 Å². The highest BCUT2D eigenvalue weighted by Gasteiger charge is 2.36. The normalized spacial score (nSPS) is 21.4. The third-order valence-electron chi connectivity index (χ3n) is 3.95. The molecule has 2 heterocycles. The van der Waals surface area contributed by atoms with Crippen molar-refractivity contribution >= 4 is 6.09 Å². The Morgan fingerprint density at radius 1 is 1.44 bits per heavy atom. The van der Waals surface area contributed by atoms with Gasteiger partial charge >= 0.3 is 6.09 Å². The van der Waals surface area contributed by atoms with Crippen LogP contribution in [-0.4, -0.2) is 58.7 Å². The molecule has 1 amide bonds. The molecule has 2 aliphatic heterocycles. The maximum atomic E-state index is 12.3. The van der Waals surface area contributed by atoms with Crippen LogP contribution in [0.25, 0.3) is 0 Å². The molecule has 25 heavy (non-hydrogen) atoms. The van der Waals surface area contributed by atoms with E-state index < -0.39 is 10.5 Å². The van der Waals surface area contributed by atoms with Crippen LogP contribution in [-0.2, 0) is 9.47 Å². The molecule has 1 unspecified atom stereocenters. The van der Waals surface area contributed by atoms with E-state index in [2.05, 4.69) is 6.58 Å². The van der Waals surface area contributed by atoms with Gasteiger partial charge in [-0.3, -0.25) is 10.1 Å². The lowest BCUT2D eigenvalue weighted by molar-refractivity contribution is -0.424. The van der Waals surface area contributed by atoms with Crippen molar-refractivity contribution in [2.24, 2.45) is 0 Å². The Morgan fingerprint density at radius 2 is 2.12 bits per heavy atom. The van der Waals surface area contributed by atoms with E-state index in [-0.39, 0.29) is 17.8 Å². The zero-order chi connectivity index (χ0) is 18.8. The molecule has 2 rings (SSSR count). The van der Waals surface area contributed by atoms with Gasteiger partial charge in [0.1, 0.15) is 18.0 Å². The number of hydrogen-bond acceptors (Lipinski definition) is 6. The summed E-state index contributed by atoms with van der Waals surface area (Å²) >= 11 is 0. The predicted molar refractivity (Wildman–Crippen MR) is 92.2 cm³/mol. The number of fused-ring (bicyclic) bond motifs is 1. The van der Waals surface area contributed by atoms with Gasteiger partial charge < -0.3 is 19.3 Å². The van der Waals surface area contributed by atoms with Crippen molar-refractivity contribution in [3.63, 3.8) is 0 Å². The van der Waals surface area contributed by atoms with Gasteiger partial charge in [-0.2, -0.15) is 0 Å². The van der Waals surface area contributed by atoms with E-state index in [0.29, 0.717) is 37.7 Å². The summed E-state index contributed by atoms with van der Waals surface area (Å²) < 4.78 is 11.1. The van der Waals surface area contributed by atoms with Crippen LogP contribution in [0.1, 0.15) is 27.7 Å². The molecule has 0 radical (unpaired) electrons. The molecule has 1 saturated heterocycles. The first-order valence-electron chi connectivity index (χ1n) is 8.19. The quantitative estimate of drug-likeness (QED) is 0.574. The lowest BCUT2D eigenvalue weighted by Gasteiger charge is -2.45. The van der Waals surface area contributed by atoms with E-state index in [9.17, 15) is 14.9 Å². The molecule has 0 spiro atoms. The zero-order valence-corrected chi connectivity index (χ0v) is 15.2. The molecular formula is C17H25N3O5. The zero-order valence-electron chi connectivity index (χ0n) is 15.2. The predicted octanol–water partition coefficient (Wildman–Crippen LogP) is 2.52. The van der Waals surface area contributed by atoms with Crippen molar-refractivity contribution in [1.29, 1.82) is 0 Å². The molecule has 138 valence electrons. The number of ether oxygens (including phenoxy) is 2. The number of allylic oxidation sites excluding steroid dienone is 3. The minimum absolute atomic E-state index is 0.0215. The molecule has 8 heteroatoms. The number of nitro groups is 1. The second-order valence-corrected chi connectivity index (χ2v) is 7.08. The molecule has 0 N–H and O–H groups in total. The first-order chi connectivity index (χ1) is 11.6. The highest BCUT2D eigenvalue weighted by Crippen LogP contribution is 2.28. The first-order valence-corrected chi connectivity index (χ1v) is 8.19. The van der Waals surface area contributed by atoms with E-state index >= 15 is 0 Å². The highest BCUT2D eigenvalue weighted by atomic mass is 16.6. The second kappa shape index (κ2) is 7.16. The smallest absolute Gasteiger partial charge is 0.410 e. The van der Waals surface area contributed by atoms with Crippen LogP contribution >= 0.6 is 0 Å². The van der Waals surface area contributed by atoms with E-state index in [1.807, 2.05) is 25.7 Å². The summed E-state index contributed by atoms with van der Waals surface area (Å²) in [6.07, 6.45) is 2.69. The van der Waals surface area contributed by atoms with Crippen molar-refractivity contribution in [1.82, 2.24) is 9.80 Å². The third-order valence-corrected chi connectivity index (χ3v) is 3.95.